The number of carbonyl (C=O) groups is 4. The fourth-order valence-electron chi connectivity index (χ4n) is 6.52. The van der Waals surface area contributed by atoms with Crippen LogP contribution in [0, 0.1) is 11.8 Å². The van der Waals surface area contributed by atoms with Gasteiger partial charge in [0.1, 0.15) is 29.8 Å². The van der Waals surface area contributed by atoms with Crippen molar-refractivity contribution < 1.29 is 33.8 Å². The van der Waals surface area contributed by atoms with Gasteiger partial charge in [-0.3, -0.25) is 19.2 Å². The highest BCUT2D eigenvalue weighted by molar-refractivity contribution is 9.11. The Kier molecular flexibility index (Phi) is 9.95. The van der Waals surface area contributed by atoms with Crippen molar-refractivity contribution in [2.75, 3.05) is 31.1 Å². The number of anilines is 1. The van der Waals surface area contributed by atoms with E-state index >= 15 is 0 Å². The maximum atomic E-state index is 14.7. The van der Waals surface area contributed by atoms with Gasteiger partial charge in [-0.15, -0.1) is 0 Å². The van der Waals surface area contributed by atoms with E-state index in [9.17, 15) is 24.3 Å². The standard InChI is InChI=1S/C31H37BrClN3O7/c1-19-18-34-23(38)9-5-4-7-14-35(21-12-10-20(33)11-13-21)29(40)27-31-17-22(32)26(43-31)24(30(41)42-19)25(31)28(39)36(27)15-6-2-3-8-16-37/h4,7,10-13,17,19,24-27,37H,2-3,5-6,8-9,14-16,18H2,1H3,(H,34,38)/b7-4-/t19-,24+,25-,26+,27+,31-/m0/s1. The fraction of sp³-hybridized carbons (Fsp3) is 0.548. The van der Waals surface area contributed by atoms with Crippen LogP contribution in [0.5, 0.6) is 0 Å². The molecule has 2 N–H and O–H groups in total. The zero-order chi connectivity index (χ0) is 30.7. The predicted octanol–water partition coefficient (Wildman–Crippen LogP) is 3.50. The van der Waals surface area contributed by atoms with E-state index in [0.717, 1.165) is 12.8 Å². The third kappa shape index (κ3) is 6.27. The van der Waals surface area contributed by atoms with Gasteiger partial charge in [0.15, 0.2) is 0 Å². The number of ether oxygens (including phenoxy) is 2. The second-order valence-corrected chi connectivity index (χ2v) is 12.8. The molecule has 6 atom stereocenters. The van der Waals surface area contributed by atoms with Crippen LogP contribution in [-0.2, 0) is 28.7 Å². The van der Waals surface area contributed by atoms with Gasteiger partial charge in [-0.05, 0) is 56.5 Å². The average Bonchev–Trinajstić information content (AvgIpc) is 3.57. The van der Waals surface area contributed by atoms with Crippen LogP contribution in [0.1, 0.15) is 45.4 Å². The summed E-state index contributed by atoms with van der Waals surface area (Å²) in [7, 11) is 0. The second kappa shape index (κ2) is 13.5. The highest BCUT2D eigenvalue weighted by atomic mass is 79.9. The van der Waals surface area contributed by atoms with Crippen molar-refractivity contribution >= 4 is 56.9 Å². The molecule has 5 rings (SSSR count). The Balaban J connectivity index is 1.57. The first-order valence-electron chi connectivity index (χ1n) is 14.8. The lowest BCUT2D eigenvalue weighted by atomic mass is 9.74. The Morgan fingerprint density at radius 3 is 2.56 bits per heavy atom. The minimum atomic E-state index is -1.37. The number of esters is 1. The van der Waals surface area contributed by atoms with Crippen molar-refractivity contribution in [1.82, 2.24) is 10.2 Å². The lowest BCUT2D eigenvalue weighted by molar-refractivity contribution is -0.158. The number of cyclic esters (lactones) is 1. The van der Waals surface area contributed by atoms with Gasteiger partial charge in [0.2, 0.25) is 11.8 Å². The topological polar surface area (TPSA) is 125 Å². The smallest absolute Gasteiger partial charge is 0.313 e. The Bertz CT molecular complexity index is 1300. The number of hydrogen-bond donors (Lipinski definition) is 2. The van der Waals surface area contributed by atoms with Gasteiger partial charge >= 0.3 is 5.97 Å². The quantitative estimate of drug-likeness (QED) is 0.257. The molecule has 43 heavy (non-hydrogen) atoms. The molecule has 232 valence electrons. The predicted molar refractivity (Wildman–Crippen MR) is 163 cm³/mol. The van der Waals surface area contributed by atoms with Crippen molar-refractivity contribution in [3.05, 3.63) is 52.0 Å². The van der Waals surface area contributed by atoms with Gasteiger partial charge in [0, 0.05) is 41.3 Å². The normalized spacial score (nSPS) is 32.0. The van der Waals surface area contributed by atoms with Gasteiger partial charge in [-0.1, -0.05) is 52.5 Å². The molecule has 1 spiro atoms. The number of aliphatic hydroxyl groups excluding tert-OH is 1. The molecule has 4 aliphatic heterocycles. The molecule has 4 aliphatic rings. The Morgan fingerprint density at radius 2 is 1.81 bits per heavy atom. The number of hydrogen-bond acceptors (Lipinski definition) is 7. The van der Waals surface area contributed by atoms with Gasteiger partial charge < -0.3 is 29.7 Å². The van der Waals surface area contributed by atoms with Crippen LogP contribution >= 0.6 is 27.5 Å². The molecule has 5 bridgehead atoms. The minimum Gasteiger partial charge on any atom is -0.460 e. The number of allylic oxidation sites excluding steroid dienone is 1. The summed E-state index contributed by atoms with van der Waals surface area (Å²) in [6.07, 6.45) is 7.61. The summed E-state index contributed by atoms with van der Waals surface area (Å²) < 4.78 is 12.9. The zero-order valence-electron chi connectivity index (χ0n) is 24.0. The van der Waals surface area contributed by atoms with Crippen molar-refractivity contribution in [2.45, 2.75) is 69.3 Å². The van der Waals surface area contributed by atoms with Gasteiger partial charge in [-0.25, -0.2) is 0 Å². The van der Waals surface area contributed by atoms with Crippen molar-refractivity contribution in [3.8, 4) is 0 Å². The summed E-state index contributed by atoms with van der Waals surface area (Å²) in [6.45, 7) is 2.41. The first kappa shape index (κ1) is 31.7. The van der Waals surface area contributed by atoms with E-state index in [1.165, 1.54) is 0 Å². The largest absolute Gasteiger partial charge is 0.460 e. The molecule has 2 fully saturated rings. The zero-order valence-corrected chi connectivity index (χ0v) is 26.4. The third-order valence-corrected chi connectivity index (χ3v) is 9.47. The number of fused-ring (bicyclic) bond motifs is 2. The summed E-state index contributed by atoms with van der Waals surface area (Å²) in [6, 6.07) is 5.85. The van der Waals surface area contributed by atoms with E-state index in [4.69, 9.17) is 21.1 Å². The summed E-state index contributed by atoms with van der Waals surface area (Å²) in [5, 5.41) is 12.5. The summed E-state index contributed by atoms with van der Waals surface area (Å²) >= 11 is 9.72. The highest BCUT2D eigenvalue weighted by Gasteiger charge is 2.74. The van der Waals surface area contributed by atoms with E-state index in [-0.39, 0.29) is 43.8 Å². The number of aliphatic hydroxyl groups is 1. The van der Waals surface area contributed by atoms with E-state index in [1.54, 1.807) is 47.1 Å². The third-order valence-electron chi connectivity index (χ3n) is 8.54. The van der Waals surface area contributed by atoms with E-state index in [1.807, 2.05) is 12.2 Å². The maximum Gasteiger partial charge on any atom is 0.313 e. The number of likely N-dealkylation sites (tertiary alicyclic amines) is 1. The first-order valence-corrected chi connectivity index (χ1v) is 16.0. The Hall–Kier alpha value is -2.73. The number of halogens is 2. The van der Waals surface area contributed by atoms with Gasteiger partial charge in [0.25, 0.3) is 5.91 Å². The van der Waals surface area contributed by atoms with Crippen LogP contribution in [-0.4, -0.2) is 83.8 Å². The molecule has 1 aromatic carbocycles. The molecule has 12 heteroatoms. The molecule has 1 aromatic rings. The number of nitrogens with one attached hydrogen (secondary N) is 1. The van der Waals surface area contributed by atoms with Crippen LogP contribution in [0.4, 0.5) is 5.69 Å². The minimum absolute atomic E-state index is 0.0957. The molecule has 0 aromatic heterocycles. The second-order valence-electron chi connectivity index (χ2n) is 11.5. The monoisotopic (exact) mass is 677 g/mol. The highest BCUT2D eigenvalue weighted by Crippen LogP contribution is 2.59. The number of carbonyl (C=O) groups excluding carboxylic acids is 4. The van der Waals surface area contributed by atoms with Crippen LogP contribution in [0.15, 0.2) is 47.0 Å². The van der Waals surface area contributed by atoms with Crippen molar-refractivity contribution in [3.63, 3.8) is 0 Å². The lowest BCUT2D eigenvalue weighted by Crippen LogP contribution is -2.56. The lowest BCUT2D eigenvalue weighted by Gasteiger charge is -2.36. The molecule has 10 nitrogen and oxygen atoms in total. The van der Waals surface area contributed by atoms with E-state index < -0.39 is 41.7 Å². The van der Waals surface area contributed by atoms with Crippen molar-refractivity contribution in [2.24, 2.45) is 11.8 Å². The van der Waals surface area contributed by atoms with Crippen molar-refractivity contribution in [1.29, 1.82) is 0 Å². The molecule has 2 saturated heterocycles. The summed E-state index contributed by atoms with van der Waals surface area (Å²) in [4.78, 5) is 58.1. The molecule has 3 amide bonds. The van der Waals surface area contributed by atoms with E-state index in [2.05, 4.69) is 21.2 Å². The molecule has 4 heterocycles. The van der Waals surface area contributed by atoms with Crippen LogP contribution in [0.2, 0.25) is 5.02 Å². The van der Waals surface area contributed by atoms with E-state index in [0.29, 0.717) is 41.0 Å². The molecule has 0 aliphatic carbocycles. The summed E-state index contributed by atoms with van der Waals surface area (Å²) in [5.41, 5.74) is -0.781. The maximum absolute atomic E-state index is 14.7. The number of unbranched alkanes of at least 4 members (excludes halogenated alkanes) is 3. The van der Waals surface area contributed by atoms with Crippen LogP contribution in [0.3, 0.4) is 0 Å². The fourth-order valence-corrected chi connectivity index (χ4v) is 7.38. The number of benzene rings is 1. The molecule has 0 radical (unpaired) electrons. The number of nitrogens with zero attached hydrogens (tertiary/aromatic N) is 2. The molecular formula is C31H37BrClN3O7. The Labute approximate surface area is 264 Å². The van der Waals surface area contributed by atoms with Crippen LogP contribution < -0.4 is 10.2 Å². The first-order chi connectivity index (χ1) is 20.7. The SMILES string of the molecule is C[C@H]1CNC(=O)CC/C=C\CN(c2ccc(Cl)cc2)C(=O)[C@H]2N(CCCCCCO)C(=O)[C@@H]3[C@@H](C(=O)O1)[C@@H]1O[C@@]32C=C1Br. The molecular weight excluding hydrogens is 642 g/mol. The van der Waals surface area contributed by atoms with Crippen LogP contribution in [0.25, 0.3) is 0 Å². The van der Waals surface area contributed by atoms with Gasteiger partial charge in [-0.2, -0.15) is 0 Å². The number of rotatable bonds is 7. The van der Waals surface area contributed by atoms with Gasteiger partial charge in [0.05, 0.1) is 12.5 Å². The Morgan fingerprint density at radius 1 is 1.07 bits per heavy atom. The molecule has 0 saturated carbocycles. The number of amides is 3. The summed E-state index contributed by atoms with van der Waals surface area (Å²) in [5.74, 6) is -3.36. The molecule has 0 unspecified atom stereocenters. The average molecular weight is 679 g/mol.